The van der Waals surface area contributed by atoms with Crippen LogP contribution in [0, 0.1) is 5.92 Å². The van der Waals surface area contributed by atoms with E-state index in [1.165, 1.54) is 0 Å². The first-order valence-corrected chi connectivity index (χ1v) is 6.02. The van der Waals surface area contributed by atoms with Crippen LogP contribution in [0.15, 0.2) is 6.20 Å². The molecule has 17 heavy (non-hydrogen) atoms. The van der Waals surface area contributed by atoms with Crippen LogP contribution in [-0.2, 0) is 11.8 Å². The molecule has 5 nitrogen and oxygen atoms in total. The Hall–Kier alpha value is -1.07. The van der Waals surface area contributed by atoms with E-state index >= 15 is 0 Å². The summed E-state index contributed by atoms with van der Waals surface area (Å²) >= 11 is 0. The molecular formula is C12H21N3O2. The summed E-state index contributed by atoms with van der Waals surface area (Å²) in [6.45, 7) is 2.91. The zero-order valence-electron chi connectivity index (χ0n) is 10.9. The molecule has 0 aliphatic carbocycles. The number of nitrogens with zero attached hydrogens (tertiary/aromatic N) is 2. The van der Waals surface area contributed by atoms with E-state index in [1.54, 1.807) is 13.3 Å². The zero-order chi connectivity index (χ0) is 12.4. The van der Waals surface area contributed by atoms with Crippen LogP contribution >= 0.6 is 0 Å². The van der Waals surface area contributed by atoms with Crippen molar-refractivity contribution in [2.75, 3.05) is 20.8 Å². The third-order valence-electron chi connectivity index (χ3n) is 3.48. The number of aryl methyl sites for hydroxylation is 1. The van der Waals surface area contributed by atoms with E-state index in [2.05, 4.69) is 17.3 Å². The number of methoxy groups -OCH3 is 1. The van der Waals surface area contributed by atoms with Crippen molar-refractivity contribution in [1.82, 2.24) is 15.1 Å². The van der Waals surface area contributed by atoms with E-state index in [9.17, 15) is 0 Å². The van der Waals surface area contributed by atoms with Gasteiger partial charge in [0.15, 0.2) is 5.75 Å². The molecule has 0 radical (unpaired) electrons. The first-order chi connectivity index (χ1) is 8.17. The Labute approximate surface area is 102 Å². The first kappa shape index (κ1) is 12.4. The minimum absolute atomic E-state index is 0.224. The normalized spacial score (nSPS) is 26.1. The van der Waals surface area contributed by atoms with Crippen molar-refractivity contribution in [2.45, 2.75) is 25.5 Å². The Kier molecular flexibility index (Phi) is 3.69. The predicted octanol–water partition coefficient (Wildman–Crippen LogP) is 1.11. The Morgan fingerprint density at radius 3 is 2.94 bits per heavy atom. The average molecular weight is 239 g/mol. The lowest BCUT2D eigenvalue weighted by Crippen LogP contribution is -2.28. The molecule has 0 spiro atoms. The smallest absolute Gasteiger partial charge is 0.161 e. The van der Waals surface area contributed by atoms with Gasteiger partial charge in [-0.2, -0.15) is 5.10 Å². The van der Waals surface area contributed by atoms with E-state index in [0.717, 1.165) is 24.5 Å². The summed E-state index contributed by atoms with van der Waals surface area (Å²) in [5.41, 5.74) is 1.10. The highest BCUT2D eigenvalue weighted by Crippen LogP contribution is 2.35. The Morgan fingerprint density at radius 1 is 1.65 bits per heavy atom. The molecule has 0 saturated carbocycles. The van der Waals surface area contributed by atoms with E-state index in [1.807, 2.05) is 18.8 Å². The molecule has 2 rings (SSSR count). The standard InChI is InChI=1S/C12H21N3O2/c1-8-5-9(7-17-8)11(13-2)12-10(16-4)6-14-15(12)3/h6,8-9,11,13H,5,7H2,1-4H3. The number of ether oxygens (including phenoxy) is 2. The van der Waals surface area contributed by atoms with Gasteiger partial charge in [-0.1, -0.05) is 0 Å². The molecule has 1 aliphatic rings. The van der Waals surface area contributed by atoms with Gasteiger partial charge in [0, 0.05) is 13.0 Å². The fourth-order valence-corrected chi connectivity index (χ4v) is 2.62. The highest BCUT2D eigenvalue weighted by molar-refractivity contribution is 5.29. The Balaban J connectivity index is 2.25. The van der Waals surface area contributed by atoms with Gasteiger partial charge in [0.05, 0.1) is 37.8 Å². The lowest BCUT2D eigenvalue weighted by atomic mass is 9.94. The third-order valence-corrected chi connectivity index (χ3v) is 3.48. The van der Waals surface area contributed by atoms with Gasteiger partial charge in [-0.05, 0) is 20.4 Å². The van der Waals surface area contributed by atoms with Crippen LogP contribution in [0.5, 0.6) is 5.75 Å². The van der Waals surface area contributed by atoms with Crippen LogP contribution in [0.2, 0.25) is 0 Å². The molecule has 2 heterocycles. The van der Waals surface area contributed by atoms with Gasteiger partial charge in [0.1, 0.15) is 0 Å². The summed E-state index contributed by atoms with van der Waals surface area (Å²) in [6, 6.07) is 0.224. The SMILES string of the molecule is CNC(c1c(OC)cnn1C)C1COC(C)C1. The average Bonchev–Trinajstić information content (AvgIpc) is 2.89. The molecule has 3 atom stereocenters. The molecule has 96 valence electrons. The minimum atomic E-state index is 0.224. The van der Waals surface area contributed by atoms with Crippen molar-refractivity contribution < 1.29 is 9.47 Å². The second kappa shape index (κ2) is 5.06. The molecular weight excluding hydrogens is 218 g/mol. The number of nitrogens with one attached hydrogen (secondary N) is 1. The molecule has 1 fully saturated rings. The largest absolute Gasteiger partial charge is 0.493 e. The van der Waals surface area contributed by atoms with Crippen molar-refractivity contribution in [3.05, 3.63) is 11.9 Å². The quantitative estimate of drug-likeness (QED) is 0.855. The monoisotopic (exact) mass is 239 g/mol. The summed E-state index contributed by atoms with van der Waals surface area (Å²) in [7, 11) is 5.60. The number of hydrogen-bond acceptors (Lipinski definition) is 4. The van der Waals surface area contributed by atoms with Crippen LogP contribution in [-0.4, -0.2) is 36.6 Å². The molecule has 0 bridgehead atoms. The second-order valence-corrected chi connectivity index (χ2v) is 4.63. The maximum atomic E-state index is 5.65. The summed E-state index contributed by atoms with van der Waals surface area (Å²) in [5, 5.41) is 7.62. The molecule has 3 unspecified atom stereocenters. The fraction of sp³-hybridized carbons (Fsp3) is 0.750. The van der Waals surface area contributed by atoms with Crippen LogP contribution in [0.4, 0.5) is 0 Å². The maximum absolute atomic E-state index is 5.65. The first-order valence-electron chi connectivity index (χ1n) is 6.02. The molecule has 1 N–H and O–H groups in total. The Bertz CT molecular complexity index is 378. The van der Waals surface area contributed by atoms with Crippen molar-refractivity contribution in [3.8, 4) is 5.75 Å². The van der Waals surface area contributed by atoms with Crippen molar-refractivity contribution in [3.63, 3.8) is 0 Å². The van der Waals surface area contributed by atoms with Crippen LogP contribution < -0.4 is 10.1 Å². The predicted molar refractivity (Wildman–Crippen MR) is 65.1 cm³/mol. The number of rotatable bonds is 4. The van der Waals surface area contributed by atoms with Gasteiger partial charge in [-0.25, -0.2) is 0 Å². The second-order valence-electron chi connectivity index (χ2n) is 4.63. The number of aromatic nitrogens is 2. The summed E-state index contributed by atoms with van der Waals surface area (Å²) < 4.78 is 12.9. The highest BCUT2D eigenvalue weighted by Gasteiger charge is 2.33. The van der Waals surface area contributed by atoms with Crippen LogP contribution in [0.25, 0.3) is 0 Å². The number of hydrogen-bond donors (Lipinski definition) is 1. The van der Waals surface area contributed by atoms with Gasteiger partial charge in [0.25, 0.3) is 0 Å². The lowest BCUT2D eigenvalue weighted by molar-refractivity contribution is 0.116. The van der Waals surface area contributed by atoms with Gasteiger partial charge < -0.3 is 14.8 Å². The molecule has 1 aliphatic heterocycles. The van der Waals surface area contributed by atoms with E-state index in [4.69, 9.17) is 9.47 Å². The van der Waals surface area contributed by atoms with Crippen molar-refractivity contribution in [1.29, 1.82) is 0 Å². The van der Waals surface area contributed by atoms with E-state index in [0.29, 0.717) is 12.0 Å². The molecule has 0 aromatic carbocycles. The molecule has 0 amide bonds. The molecule has 1 aromatic rings. The van der Waals surface area contributed by atoms with Crippen molar-refractivity contribution >= 4 is 0 Å². The summed E-state index contributed by atoms with van der Waals surface area (Å²) in [5.74, 6) is 1.31. The Morgan fingerprint density at radius 2 is 2.41 bits per heavy atom. The van der Waals surface area contributed by atoms with Gasteiger partial charge in [-0.3, -0.25) is 4.68 Å². The van der Waals surface area contributed by atoms with Crippen molar-refractivity contribution in [2.24, 2.45) is 13.0 Å². The van der Waals surface area contributed by atoms with Gasteiger partial charge >= 0.3 is 0 Å². The molecule has 1 aromatic heterocycles. The highest BCUT2D eigenvalue weighted by atomic mass is 16.5. The topological polar surface area (TPSA) is 48.3 Å². The van der Waals surface area contributed by atoms with Crippen LogP contribution in [0.1, 0.15) is 25.1 Å². The fourth-order valence-electron chi connectivity index (χ4n) is 2.62. The maximum Gasteiger partial charge on any atom is 0.161 e. The molecule has 5 heteroatoms. The van der Waals surface area contributed by atoms with E-state index < -0.39 is 0 Å². The molecule has 1 saturated heterocycles. The van der Waals surface area contributed by atoms with Crippen LogP contribution in [0.3, 0.4) is 0 Å². The zero-order valence-corrected chi connectivity index (χ0v) is 10.9. The van der Waals surface area contributed by atoms with Gasteiger partial charge in [0.2, 0.25) is 0 Å². The summed E-state index contributed by atoms with van der Waals surface area (Å²) in [4.78, 5) is 0. The minimum Gasteiger partial charge on any atom is -0.493 e. The van der Waals surface area contributed by atoms with E-state index in [-0.39, 0.29) is 6.04 Å². The third kappa shape index (κ3) is 2.30. The summed E-state index contributed by atoms with van der Waals surface area (Å²) in [6.07, 6.45) is 3.17. The lowest BCUT2D eigenvalue weighted by Gasteiger charge is -2.23. The van der Waals surface area contributed by atoms with Gasteiger partial charge in [-0.15, -0.1) is 0 Å².